The molecule has 4 heteroatoms. The van der Waals surface area contributed by atoms with Gasteiger partial charge in [0.05, 0.1) is 6.61 Å². The van der Waals surface area contributed by atoms with Gasteiger partial charge in [-0.1, -0.05) is 18.2 Å². The number of benzene rings is 1. The number of pyridine rings is 1. The molecule has 18 heavy (non-hydrogen) atoms. The number of nitrogens with zero attached hydrogens (tertiary/aromatic N) is 1. The first-order chi connectivity index (χ1) is 8.81. The van der Waals surface area contributed by atoms with Crippen LogP contribution in [-0.4, -0.2) is 36.0 Å². The van der Waals surface area contributed by atoms with Crippen LogP contribution in [0.4, 0.5) is 0 Å². The molecule has 0 aliphatic rings. The van der Waals surface area contributed by atoms with Crippen LogP contribution in [-0.2, 0) is 4.74 Å². The molecule has 1 atom stereocenters. The highest BCUT2D eigenvalue weighted by atomic mass is 16.5. The highest BCUT2D eigenvalue weighted by Gasteiger charge is 2.07. The molecule has 1 N–H and O–H groups in total. The number of hydrogen-bond acceptors (Lipinski definition) is 4. The fourth-order valence-electron chi connectivity index (χ4n) is 1.68. The molecule has 2 aromatic rings. The third kappa shape index (κ3) is 3.18. The number of para-hydroxylation sites is 1. The van der Waals surface area contributed by atoms with E-state index in [-0.39, 0.29) is 13.2 Å². The predicted molar refractivity (Wildman–Crippen MR) is 69.7 cm³/mol. The Hall–Kier alpha value is -1.65. The van der Waals surface area contributed by atoms with E-state index >= 15 is 0 Å². The molecule has 0 fully saturated rings. The Bertz CT molecular complexity index is 496. The standard InChI is InChI=1S/C14H17NO3/c1-2-17-9-12(16)10-18-13-7-3-5-11-6-4-8-15-14(11)13/h3-8,12,16H,2,9-10H2,1H3. The molecule has 0 bridgehead atoms. The molecule has 4 nitrogen and oxygen atoms in total. The molecule has 0 radical (unpaired) electrons. The number of ether oxygens (including phenoxy) is 2. The molecule has 2 rings (SSSR count). The molecule has 0 aliphatic carbocycles. The number of rotatable bonds is 6. The lowest BCUT2D eigenvalue weighted by Gasteiger charge is -2.13. The van der Waals surface area contributed by atoms with Crippen molar-refractivity contribution >= 4 is 10.9 Å². The van der Waals surface area contributed by atoms with Crippen molar-refractivity contribution in [1.29, 1.82) is 0 Å². The van der Waals surface area contributed by atoms with Gasteiger partial charge >= 0.3 is 0 Å². The fourth-order valence-corrected chi connectivity index (χ4v) is 1.68. The summed E-state index contributed by atoms with van der Waals surface area (Å²) in [7, 11) is 0. The Labute approximate surface area is 106 Å². The second kappa shape index (κ2) is 6.33. The summed E-state index contributed by atoms with van der Waals surface area (Å²) in [6, 6.07) is 9.60. The average molecular weight is 247 g/mol. The van der Waals surface area contributed by atoms with Crippen LogP contribution in [0.5, 0.6) is 5.75 Å². The van der Waals surface area contributed by atoms with E-state index < -0.39 is 6.10 Å². The van der Waals surface area contributed by atoms with E-state index in [1.165, 1.54) is 0 Å². The quantitative estimate of drug-likeness (QED) is 0.848. The zero-order valence-electron chi connectivity index (χ0n) is 10.4. The van der Waals surface area contributed by atoms with Crippen LogP contribution < -0.4 is 4.74 Å². The molecular formula is C14H17NO3. The Kier molecular flexibility index (Phi) is 4.50. The lowest BCUT2D eigenvalue weighted by Crippen LogP contribution is -2.23. The molecule has 1 heterocycles. The first kappa shape index (κ1) is 12.8. The minimum Gasteiger partial charge on any atom is -0.489 e. The van der Waals surface area contributed by atoms with Gasteiger partial charge in [0.15, 0.2) is 0 Å². The fraction of sp³-hybridized carbons (Fsp3) is 0.357. The molecule has 0 aliphatic heterocycles. The van der Waals surface area contributed by atoms with E-state index in [1.807, 2.05) is 37.3 Å². The number of aromatic nitrogens is 1. The Morgan fingerprint density at radius 2 is 2.06 bits per heavy atom. The molecule has 1 aromatic heterocycles. The van der Waals surface area contributed by atoms with Crippen LogP contribution in [0.15, 0.2) is 36.5 Å². The van der Waals surface area contributed by atoms with E-state index in [9.17, 15) is 5.11 Å². The lowest BCUT2D eigenvalue weighted by atomic mass is 10.2. The molecule has 0 amide bonds. The van der Waals surface area contributed by atoms with E-state index in [4.69, 9.17) is 9.47 Å². The lowest BCUT2D eigenvalue weighted by molar-refractivity contribution is 0.0167. The van der Waals surface area contributed by atoms with Crippen LogP contribution >= 0.6 is 0 Å². The van der Waals surface area contributed by atoms with Gasteiger partial charge in [0.1, 0.15) is 24.0 Å². The van der Waals surface area contributed by atoms with Gasteiger partial charge in [-0.2, -0.15) is 0 Å². The average Bonchev–Trinajstić information content (AvgIpc) is 2.42. The van der Waals surface area contributed by atoms with Crippen molar-refractivity contribution in [2.75, 3.05) is 19.8 Å². The molecule has 0 saturated carbocycles. The second-order valence-corrected chi connectivity index (χ2v) is 3.96. The Morgan fingerprint density at radius 3 is 2.89 bits per heavy atom. The number of aliphatic hydroxyl groups excluding tert-OH is 1. The van der Waals surface area contributed by atoms with Crippen molar-refractivity contribution in [2.45, 2.75) is 13.0 Å². The summed E-state index contributed by atoms with van der Waals surface area (Å²) in [6.07, 6.45) is 1.11. The largest absolute Gasteiger partial charge is 0.489 e. The molecule has 1 aromatic carbocycles. The van der Waals surface area contributed by atoms with Gasteiger partial charge < -0.3 is 14.6 Å². The minimum absolute atomic E-state index is 0.204. The maximum Gasteiger partial charge on any atom is 0.145 e. The van der Waals surface area contributed by atoms with E-state index in [0.29, 0.717) is 12.4 Å². The third-order valence-corrected chi connectivity index (χ3v) is 2.54. The number of aliphatic hydroxyl groups is 1. The van der Waals surface area contributed by atoms with Gasteiger partial charge in [0.2, 0.25) is 0 Å². The maximum atomic E-state index is 9.64. The van der Waals surface area contributed by atoms with Gasteiger partial charge in [0, 0.05) is 18.2 Å². The Balaban J connectivity index is 2.03. The summed E-state index contributed by atoms with van der Waals surface area (Å²) in [5.74, 6) is 0.684. The van der Waals surface area contributed by atoms with Gasteiger partial charge in [0.25, 0.3) is 0 Å². The minimum atomic E-state index is -0.621. The summed E-state index contributed by atoms with van der Waals surface area (Å²) < 4.78 is 10.7. The number of fused-ring (bicyclic) bond motifs is 1. The van der Waals surface area contributed by atoms with Crippen molar-refractivity contribution in [1.82, 2.24) is 4.98 Å². The number of hydrogen-bond donors (Lipinski definition) is 1. The smallest absolute Gasteiger partial charge is 0.145 e. The van der Waals surface area contributed by atoms with Crippen molar-refractivity contribution in [3.8, 4) is 5.75 Å². The van der Waals surface area contributed by atoms with Gasteiger partial charge in [-0.25, -0.2) is 0 Å². The molecule has 0 saturated heterocycles. The second-order valence-electron chi connectivity index (χ2n) is 3.96. The predicted octanol–water partition coefficient (Wildman–Crippen LogP) is 2.01. The van der Waals surface area contributed by atoms with E-state index in [1.54, 1.807) is 6.20 Å². The SMILES string of the molecule is CCOCC(O)COc1cccc2cccnc12. The zero-order valence-corrected chi connectivity index (χ0v) is 10.4. The van der Waals surface area contributed by atoms with Gasteiger partial charge in [-0.3, -0.25) is 4.98 Å². The molecule has 0 spiro atoms. The van der Waals surface area contributed by atoms with Crippen molar-refractivity contribution in [2.24, 2.45) is 0 Å². The van der Waals surface area contributed by atoms with Gasteiger partial charge in [-0.05, 0) is 19.1 Å². The highest BCUT2D eigenvalue weighted by molar-refractivity contribution is 5.84. The Morgan fingerprint density at radius 1 is 1.22 bits per heavy atom. The first-order valence-electron chi connectivity index (χ1n) is 6.03. The summed E-state index contributed by atoms with van der Waals surface area (Å²) in [5, 5.41) is 10.7. The molecule has 96 valence electrons. The van der Waals surface area contributed by atoms with Crippen molar-refractivity contribution in [3.05, 3.63) is 36.5 Å². The maximum absolute atomic E-state index is 9.64. The van der Waals surface area contributed by atoms with Crippen LogP contribution in [0.1, 0.15) is 6.92 Å². The van der Waals surface area contributed by atoms with E-state index in [2.05, 4.69) is 4.98 Å². The monoisotopic (exact) mass is 247 g/mol. The van der Waals surface area contributed by atoms with Crippen LogP contribution in [0.3, 0.4) is 0 Å². The first-order valence-corrected chi connectivity index (χ1v) is 6.03. The van der Waals surface area contributed by atoms with Crippen molar-refractivity contribution < 1.29 is 14.6 Å². The zero-order chi connectivity index (χ0) is 12.8. The van der Waals surface area contributed by atoms with Crippen LogP contribution in [0, 0.1) is 0 Å². The molecular weight excluding hydrogens is 230 g/mol. The van der Waals surface area contributed by atoms with Gasteiger partial charge in [-0.15, -0.1) is 0 Å². The topological polar surface area (TPSA) is 51.6 Å². The summed E-state index contributed by atoms with van der Waals surface area (Å²) in [6.45, 7) is 2.97. The van der Waals surface area contributed by atoms with Crippen LogP contribution in [0.2, 0.25) is 0 Å². The summed E-state index contributed by atoms with van der Waals surface area (Å²) >= 11 is 0. The van der Waals surface area contributed by atoms with Crippen molar-refractivity contribution in [3.63, 3.8) is 0 Å². The normalized spacial score (nSPS) is 12.6. The highest BCUT2D eigenvalue weighted by Crippen LogP contribution is 2.22. The third-order valence-electron chi connectivity index (χ3n) is 2.54. The van der Waals surface area contributed by atoms with E-state index in [0.717, 1.165) is 10.9 Å². The summed E-state index contributed by atoms with van der Waals surface area (Å²) in [5.41, 5.74) is 0.809. The molecule has 1 unspecified atom stereocenters. The van der Waals surface area contributed by atoms with Crippen LogP contribution in [0.25, 0.3) is 10.9 Å². The summed E-state index contributed by atoms with van der Waals surface area (Å²) in [4.78, 5) is 4.28.